The van der Waals surface area contributed by atoms with Crippen molar-refractivity contribution in [1.29, 1.82) is 0 Å². The molecule has 0 saturated heterocycles. The number of carboxylic acid groups (broad SMARTS) is 1. The average molecular weight is 313 g/mol. The van der Waals surface area contributed by atoms with Gasteiger partial charge in [0.1, 0.15) is 10.6 Å². The lowest BCUT2D eigenvalue weighted by Gasteiger charge is -2.12. The molecule has 0 bridgehead atoms. The molecule has 1 aromatic carbocycles. The maximum absolute atomic E-state index is 12.3. The van der Waals surface area contributed by atoms with Gasteiger partial charge in [0, 0.05) is 6.54 Å². The van der Waals surface area contributed by atoms with Crippen LogP contribution in [-0.2, 0) is 10.0 Å². The third-order valence-corrected chi connectivity index (χ3v) is 5.40. The van der Waals surface area contributed by atoms with E-state index in [1.165, 1.54) is 25.3 Å². The van der Waals surface area contributed by atoms with Gasteiger partial charge in [-0.25, -0.2) is 17.9 Å². The summed E-state index contributed by atoms with van der Waals surface area (Å²) in [5.41, 5.74) is 0.161. The van der Waals surface area contributed by atoms with Gasteiger partial charge in [0.15, 0.2) is 0 Å². The summed E-state index contributed by atoms with van der Waals surface area (Å²) in [6, 6.07) is 3.71. The number of aromatic carboxylic acids is 1. The maximum atomic E-state index is 12.3. The fourth-order valence-electron chi connectivity index (χ4n) is 2.24. The second-order valence-electron chi connectivity index (χ2n) is 5.91. The van der Waals surface area contributed by atoms with Crippen molar-refractivity contribution in [2.24, 2.45) is 11.3 Å². The summed E-state index contributed by atoms with van der Waals surface area (Å²) < 4.78 is 32.2. The van der Waals surface area contributed by atoms with Crippen molar-refractivity contribution in [3.8, 4) is 5.75 Å². The minimum atomic E-state index is -3.72. The van der Waals surface area contributed by atoms with Crippen LogP contribution in [0, 0.1) is 11.3 Å². The van der Waals surface area contributed by atoms with E-state index in [0.717, 1.165) is 6.42 Å². The predicted molar refractivity (Wildman–Crippen MR) is 77.0 cm³/mol. The number of hydrogen-bond donors (Lipinski definition) is 2. The SMILES string of the molecule is COc1cc(C(=O)O)ccc1S(=O)(=O)NCC1CC1(C)C. The third kappa shape index (κ3) is 3.36. The summed E-state index contributed by atoms with van der Waals surface area (Å²) in [5.74, 6) is -0.779. The molecule has 0 aromatic heterocycles. The molecule has 7 heteroatoms. The van der Waals surface area contributed by atoms with Gasteiger partial charge in [0.05, 0.1) is 12.7 Å². The topological polar surface area (TPSA) is 92.7 Å². The highest BCUT2D eigenvalue weighted by atomic mass is 32.2. The van der Waals surface area contributed by atoms with Gasteiger partial charge in [-0.05, 0) is 36.0 Å². The van der Waals surface area contributed by atoms with E-state index in [0.29, 0.717) is 12.5 Å². The Morgan fingerprint density at radius 1 is 1.48 bits per heavy atom. The van der Waals surface area contributed by atoms with Gasteiger partial charge < -0.3 is 9.84 Å². The lowest BCUT2D eigenvalue weighted by Crippen LogP contribution is -2.27. The van der Waals surface area contributed by atoms with Gasteiger partial charge in [-0.15, -0.1) is 0 Å². The molecular weight excluding hydrogens is 294 g/mol. The van der Waals surface area contributed by atoms with E-state index in [-0.39, 0.29) is 21.6 Å². The molecule has 0 spiro atoms. The van der Waals surface area contributed by atoms with Crippen molar-refractivity contribution >= 4 is 16.0 Å². The van der Waals surface area contributed by atoms with Crippen LogP contribution in [0.5, 0.6) is 5.75 Å². The molecule has 0 aliphatic heterocycles. The van der Waals surface area contributed by atoms with E-state index >= 15 is 0 Å². The molecule has 1 aliphatic carbocycles. The number of carboxylic acids is 1. The lowest BCUT2D eigenvalue weighted by molar-refractivity contribution is 0.0696. The van der Waals surface area contributed by atoms with Crippen LogP contribution in [0.15, 0.2) is 23.1 Å². The van der Waals surface area contributed by atoms with Crippen molar-refractivity contribution in [3.05, 3.63) is 23.8 Å². The van der Waals surface area contributed by atoms with Gasteiger partial charge in [-0.2, -0.15) is 0 Å². The first kappa shape index (κ1) is 15.8. The van der Waals surface area contributed by atoms with Crippen molar-refractivity contribution in [2.45, 2.75) is 25.2 Å². The molecular formula is C14H19NO5S. The summed E-state index contributed by atoms with van der Waals surface area (Å²) >= 11 is 0. The van der Waals surface area contributed by atoms with E-state index in [4.69, 9.17) is 9.84 Å². The zero-order valence-electron chi connectivity index (χ0n) is 12.2. The molecule has 1 aromatic rings. The standard InChI is InChI=1S/C14H19NO5S/c1-14(2)7-10(14)8-15-21(18,19)12-5-4-9(13(16)17)6-11(12)20-3/h4-6,10,15H,7-8H2,1-3H3,(H,16,17). The molecule has 1 unspecified atom stereocenters. The van der Waals surface area contributed by atoms with E-state index < -0.39 is 16.0 Å². The number of benzene rings is 1. The molecule has 2 rings (SSSR count). The number of nitrogens with one attached hydrogen (secondary N) is 1. The van der Waals surface area contributed by atoms with Gasteiger partial charge in [0.25, 0.3) is 0 Å². The van der Waals surface area contributed by atoms with Crippen molar-refractivity contribution in [3.63, 3.8) is 0 Å². The summed E-state index contributed by atoms with van der Waals surface area (Å²) in [6.45, 7) is 4.56. The van der Waals surface area contributed by atoms with E-state index in [1.54, 1.807) is 0 Å². The van der Waals surface area contributed by atoms with Crippen LogP contribution in [0.4, 0.5) is 0 Å². The molecule has 1 atom stereocenters. The van der Waals surface area contributed by atoms with Gasteiger partial charge in [-0.1, -0.05) is 13.8 Å². The zero-order valence-corrected chi connectivity index (χ0v) is 13.0. The monoisotopic (exact) mass is 313 g/mol. The van der Waals surface area contributed by atoms with E-state index in [2.05, 4.69) is 18.6 Å². The fraction of sp³-hybridized carbons (Fsp3) is 0.500. The fourth-order valence-corrected chi connectivity index (χ4v) is 3.47. The highest BCUT2D eigenvalue weighted by molar-refractivity contribution is 7.89. The number of rotatable bonds is 6. The first-order valence-electron chi connectivity index (χ1n) is 6.58. The Kier molecular flexibility index (Phi) is 3.99. The Morgan fingerprint density at radius 3 is 2.57 bits per heavy atom. The number of ether oxygens (including phenoxy) is 1. The van der Waals surface area contributed by atoms with Crippen LogP contribution in [0.1, 0.15) is 30.6 Å². The van der Waals surface area contributed by atoms with Crippen molar-refractivity contribution in [1.82, 2.24) is 4.72 Å². The average Bonchev–Trinajstić information content (AvgIpc) is 3.03. The Balaban J connectivity index is 2.21. The number of hydrogen-bond acceptors (Lipinski definition) is 4. The van der Waals surface area contributed by atoms with Crippen LogP contribution in [0.2, 0.25) is 0 Å². The molecule has 6 nitrogen and oxygen atoms in total. The molecule has 0 heterocycles. The first-order chi connectivity index (χ1) is 9.67. The minimum Gasteiger partial charge on any atom is -0.495 e. The largest absolute Gasteiger partial charge is 0.495 e. The molecule has 1 saturated carbocycles. The molecule has 0 amide bonds. The normalized spacial score (nSPS) is 20.0. The zero-order chi connectivity index (χ0) is 15.8. The highest BCUT2D eigenvalue weighted by Crippen LogP contribution is 2.51. The molecule has 0 radical (unpaired) electrons. The van der Waals surface area contributed by atoms with Gasteiger partial charge in [-0.3, -0.25) is 0 Å². The van der Waals surface area contributed by atoms with Crippen LogP contribution in [0.25, 0.3) is 0 Å². The molecule has 21 heavy (non-hydrogen) atoms. The number of methoxy groups -OCH3 is 1. The van der Waals surface area contributed by atoms with Gasteiger partial charge in [0.2, 0.25) is 10.0 Å². The minimum absolute atomic E-state index is 0.0193. The van der Waals surface area contributed by atoms with E-state index in [1.807, 2.05) is 0 Å². The van der Waals surface area contributed by atoms with Crippen LogP contribution >= 0.6 is 0 Å². The van der Waals surface area contributed by atoms with E-state index in [9.17, 15) is 13.2 Å². The highest BCUT2D eigenvalue weighted by Gasteiger charge is 2.45. The molecule has 1 aliphatic rings. The Morgan fingerprint density at radius 2 is 2.10 bits per heavy atom. The second-order valence-corrected chi connectivity index (χ2v) is 7.65. The summed E-state index contributed by atoms with van der Waals surface area (Å²) in [7, 11) is -2.41. The summed E-state index contributed by atoms with van der Waals surface area (Å²) in [6.07, 6.45) is 0.991. The number of carbonyl (C=O) groups is 1. The first-order valence-corrected chi connectivity index (χ1v) is 8.07. The van der Waals surface area contributed by atoms with Gasteiger partial charge >= 0.3 is 5.97 Å². The molecule has 116 valence electrons. The molecule has 2 N–H and O–H groups in total. The van der Waals surface area contributed by atoms with Crippen LogP contribution < -0.4 is 9.46 Å². The predicted octanol–water partition coefficient (Wildman–Crippen LogP) is 1.72. The Bertz CT molecular complexity index is 666. The second kappa shape index (κ2) is 5.31. The molecule has 1 fully saturated rings. The van der Waals surface area contributed by atoms with Crippen LogP contribution in [0.3, 0.4) is 0 Å². The summed E-state index contributed by atoms with van der Waals surface area (Å²) in [5, 5.41) is 8.92. The number of sulfonamides is 1. The summed E-state index contributed by atoms with van der Waals surface area (Å²) in [4.78, 5) is 10.9. The Labute approximate surface area is 124 Å². The van der Waals surface area contributed by atoms with Crippen molar-refractivity contribution in [2.75, 3.05) is 13.7 Å². The third-order valence-electron chi connectivity index (χ3n) is 3.94. The quantitative estimate of drug-likeness (QED) is 0.834. The Hall–Kier alpha value is -1.60. The maximum Gasteiger partial charge on any atom is 0.335 e. The van der Waals surface area contributed by atoms with Crippen molar-refractivity contribution < 1.29 is 23.1 Å². The smallest absolute Gasteiger partial charge is 0.335 e. The van der Waals surface area contributed by atoms with Crippen LogP contribution in [-0.4, -0.2) is 33.1 Å². The lowest BCUT2D eigenvalue weighted by atomic mass is 10.1.